The summed E-state index contributed by atoms with van der Waals surface area (Å²) in [5.74, 6) is -0.286. The molecule has 5 nitrogen and oxygen atoms in total. The zero-order valence-corrected chi connectivity index (χ0v) is 7.94. The van der Waals surface area contributed by atoms with E-state index in [9.17, 15) is 4.79 Å². The van der Waals surface area contributed by atoms with Gasteiger partial charge >= 0.3 is 6.09 Å². The Morgan fingerprint density at radius 1 is 1.54 bits per heavy atom. The topological polar surface area (TPSA) is 84.9 Å². The highest BCUT2D eigenvalue weighted by Crippen LogP contribution is 2.07. The third kappa shape index (κ3) is 6.86. The van der Waals surface area contributed by atoms with Crippen molar-refractivity contribution in [1.82, 2.24) is 0 Å². The molecule has 0 fully saturated rings. The molecular weight excluding hydrogens is 172 g/mol. The van der Waals surface area contributed by atoms with Gasteiger partial charge in [0.05, 0.1) is 6.21 Å². The van der Waals surface area contributed by atoms with Gasteiger partial charge in [-0.25, -0.2) is 4.79 Å². The molecule has 1 amide bonds. The molecule has 0 spiro atoms. The van der Waals surface area contributed by atoms with Gasteiger partial charge in [0.2, 0.25) is 0 Å². The van der Waals surface area contributed by atoms with Crippen LogP contribution in [0.1, 0.15) is 20.8 Å². The summed E-state index contributed by atoms with van der Waals surface area (Å²) in [5, 5.41) is 8.78. The molecule has 0 radical (unpaired) electrons. The Hall–Kier alpha value is -1.52. The van der Waals surface area contributed by atoms with Crippen molar-refractivity contribution in [3.8, 4) is 0 Å². The zero-order valence-electron chi connectivity index (χ0n) is 7.94. The largest absolute Gasteiger partial charge is 0.505 e. The summed E-state index contributed by atoms with van der Waals surface area (Å²) in [5.41, 5.74) is 4.34. The maximum atomic E-state index is 10.9. The van der Waals surface area contributed by atoms with E-state index >= 15 is 0 Å². The molecule has 74 valence electrons. The van der Waals surface area contributed by atoms with Crippen LogP contribution in [0, 0.1) is 0 Å². The average Bonchev–Trinajstić information content (AvgIpc) is 1.97. The molecule has 0 atom stereocenters. The van der Waals surface area contributed by atoms with Gasteiger partial charge in [0.25, 0.3) is 0 Å². The van der Waals surface area contributed by atoms with Crippen LogP contribution < -0.4 is 5.73 Å². The first-order valence-electron chi connectivity index (χ1n) is 3.73. The number of hydrogen-bond acceptors (Lipinski definition) is 4. The lowest BCUT2D eigenvalue weighted by atomic mass is 10.2. The molecule has 0 aliphatic heterocycles. The van der Waals surface area contributed by atoms with Gasteiger partial charge in [-0.05, 0) is 20.8 Å². The van der Waals surface area contributed by atoms with Crippen LogP contribution in [-0.2, 0) is 4.74 Å². The Labute approximate surface area is 76.9 Å². The number of rotatable bonds is 1. The number of carbonyl (C=O) groups excluding carboxylic acids is 1. The lowest BCUT2D eigenvalue weighted by Crippen LogP contribution is -2.21. The van der Waals surface area contributed by atoms with Crippen LogP contribution in [0.15, 0.2) is 17.0 Å². The van der Waals surface area contributed by atoms with Crippen molar-refractivity contribution in [1.29, 1.82) is 0 Å². The van der Waals surface area contributed by atoms with Gasteiger partial charge in [-0.15, -0.1) is 0 Å². The summed E-state index contributed by atoms with van der Waals surface area (Å²) in [6.07, 6.45) is 1.09. The number of allylic oxidation sites excluding steroid dienone is 1. The normalized spacial score (nSPS) is 13.3. The van der Waals surface area contributed by atoms with Crippen molar-refractivity contribution in [2.75, 3.05) is 0 Å². The number of carbonyl (C=O) groups is 1. The maximum Gasteiger partial charge on any atom is 0.434 e. The van der Waals surface area contributed by atoms with Gasteiger partial charge in [-0.3, -0.25) is 0 Å². The van der Waals surface area contributed by atoms with Crippen molar-refractivity contribution >= 4 is 12.3 Å². The fourth-order valence-electron chi connectivity index (χ4n) is 0.450. The number of aliphatic hydroxyl groups excluding tert-OH is 1. The van der Waals surface area contributed by atoms with Crippen LogP contribution in [0.25, 0.3) is 0 Å². The summed E-state index contributed by atoms with van der Waals surface area (Å²) in [6, 6.07) is 0. The summed E-state index contributed by atoms with van der Waals surface area (Å²) in [7, 11) is 0. The predicted molar refractivity (Wildman–Crippen MR) is 49.6 cm³/mol. The smallest absolute Gasteiger partial charge is 0.434 e. The Morgan fingerprint density at radius 3 is 2.46 bits per heavy atom. The highest BCUT2D eigenvalue weighted by molar-refractivity contribution is 5.86. The summed E-state index contributed by atoms with van der Waals surface area (Å²) in [6.45, 7) is 5.16. The van der Waals surface area contributed by atoms with E-state index in [1.54, 1.807) is 20.8 Å². The molecular formula is C8H14N2O3. The minimum atomic E-state index is -0.763. The molecule has 0 aliphatic rings. The second kappa shape index (κ2) is 4.49. The number of nitrogens with two attached hydrogens (primary N) is 1. The Bertz CT molecular complexity index is 238. The van der Waals surface area contributed by atoms with Crippen molar-refractivity contribution in [2.24, 2.45) is 10.7 Å². The van der Waals surface area contributed by atoms with Crippen molar-refractivity contribution in [3.05, 3.63) is 12.0 Å². The van der Waals surface area contributed by atoms with Crippen LogP contribution in [-0.4, -0.2) is 23.0 Å². The first-order chi connectivity index (χ1) is 5.85. The SMILES string of the molecule is CC(C)(C)OC(=O)/N=C/C(O)=C\N. The Balaban J connectivity index is 4.10. The quantitative estimate of drug-likeness (QED) is 0.478. The molecule has 0 heterocycles. The first-order valence-corrected chi connectivity index (χ1v) is 3.73. The minimum Gasteiger partial charge on any atom is -0.505 e. The molecule has 0 unspecified atom stereocenters. The van der Waals surface area contributed by atoms with Gasteiger partial charge in [-0.1, -0.05) is 0 Å². The molecule has 0 aliphatic carbocycles. The molecule has 5 heteroatoms. The molecule has 0 aromatic carbocycles. The number of amides is 1. The first kappa shape index (κ1) is 11.5. The fourth-order valence-corrected chi connectivity index (χ4v) is 0.450. The Morgan fingerprint density at radius 2 is 2.08 bits per heavy atom. The summed E-state index contributed by atoms with van der Waals surface area (Å²) >= 11 is 0. The maximum absolute atomic E-state index is 10.9. The number of ether oxygens (including phenoxy) is 1. The number of nitrogens with zero attached hydrogens (tertiary/aromatic N) is 1. The van der Waals surface area contributed by atoms with E-state index in [1.165, 1.54) is 0 Å². The molecule has 0 saturated heterocycles. The highest BCUT2D eigenvalue weighted by Gasteiger charge is 2.14. The highest BCUT2D eigenvalue weighted by atomic mass is 16.6. The monoisotopic (exact) mass is 186 g/mol. The van der Waals surface area contributed by atoms with E-state index < -0.39 is 11.7 Å². The average molecular weight is 186 g/mol. The van der Waals surface area contributed by atoms with Crippen molar-refractivity contribution in [3.63, 3.8) is 0 Å². The van der Waals surface area contributed by atoms with E-state index in [4.69, 9.17) is 15.6 Å². The van der Waals surface area contributed by atoms with Crippen LogP contribution in [0.3, 0.4) is 0 Å². The standard InChI is InChI=1S/C8H14N2O3/c1-8(2,3)13-7(12)10-5-6(11)4-9/h4-5,11H,9H2,1-3H3/b6-4+,10-5+. The lowest BCUT2D eigenvalue weighted by Gasteiger charge is -2.16. The van der Waals surface area contributed by atoms with E-state index in [2.05, 4.69) is 4.99 Å². The second-order valence-corrected chi connectivity index (χ2v) is 3.33. The third-order valence-electron chi connectivity index (χ3n) is 0.866. The molecule has 0 saturated carbocycles. The van der Waals surface area contributed by atoms with E-state index in [1.807, 2.05) is 0 Å². The van der Waals surface area contributed by atoms with Gasteiger partial charge in [0.1, 0.15) is 11.4 Å². The van der Waals surface area contributed by atoms with Gasteiger partial charge < -0.3 is 15.6 Å². The molecule has 0 bridgehead atoms. The number of hydrogen-bond donors (Lipinski definition) is 2. The molecule has 0 aromatic heterocycles. The van der Waals surface area contributed by atoms with Crippen LogP contribution in [0.4, 0.5) is 4.79 Å². The van der Waals surface area contributed by atoms with Crippen LogP contribution >= 0.6 is 0 Å². The third-order valence-corrected chi connectivity index (χ3v) is 0.866. The molecule has 0 aromatic rings. The van der Waals surface area contributed by atoms with Gasteiger partial charge in [-0.2, -0.15) is 4.99 Å². The van der Waals surface area contributed by atoms with E-state index in [-0.39, 0.29) is 5.76 Å². The summed E-state index contributed by atoms with van der Waals surface area (Å²) < 4.78 is 4.82. The molecule has 13 heavy (non-hydrogen) atoms. The zero-order chi connectivity index (χ0) is 10.5. The lowest BCUT2D eigenvalue weighted by molar-refractivity contribution is 0.0604. The van der Waals surface area contributed by atoms with Gasteiger partial charge in [0, 0.05) is 6.20 Å². The minimum absolute atomic E-state index is 0.286. The van der Waals surface area contributed by atoms with E-state index in [0.717, 1.165) is 12.4 Å². The predicted octanol–water partition coefficient (Wildman–Crippen LogP) is 1.35. The summed E-state index contributed by atoms with van der Waals surface area (Å²) in [4.78, 5) is 14.2. The van der Waals surface area contributed by atoms with Crippen molar-refractivity contribution < 1.29 is 14.6 Å². The van der Waals surface area contributed by atoms with Crippen LogP contribution in [0.2, 0.25) is 0 Å². The number of aliphatic imine (C=N–C) groups is 1. The van der Waals surface area contributed by atoms with Crippen LogP contribution in [0.5, 0.6) is 0 Å². The Kier molecular flexibility index (Phi) is 3.97. The van der Waals surface area contributed by atoms with Crippen molar-refractivity contribution in [2.45, 2.75) is 26.4 Å². The van der Waals surface area contributed by atoms with E-state index in [0.29, 0.717) is 0 Å². The second-order valence-electron chi connectivity index (χ2n) is 3.33. The molecule has 3 N–H and O–H groups in total. The fraction of sp³-hybridized carbons (Fsp3) is 0.500. The molecule has 0 rings (SSSR count). The van der Waals surface area contributed by atoms with Gasteiger partial charge in [0.15, 0.2) is 0 Å². The number of aliphatic hydroxyl groups is 1.